The van der Waals surface area contributed by atoms with Crippen LogP contribution >= 0.6 is 0 Å². The molecule has 0 aliphatic carbocycles. The number of carbonyl (C=O) groups is 2. The van der Waals surface area contributed by atoms with Crippen LogP contribution in [0.3, 0.4) is 0 Å². The summed E-state index contributed by atoms with van der Waals surface area (Å²) in [4.78, 5) is 38.1. The third-order valence-corrected chi connectivity index (χ3v) is 3.90. The van der Waals surface area contributed by atoms with E-state index in [0.717, 1.165) is 0 Å². The van der Waals surface area contributed by atoms with Gasteiger partial charge in [0.25, 0.3) is 0 Å². The van der Waals surface area contributed by atoms with Crippen molar-refractivity contribution in [1.82, 2.24) is 4.98 Å². The molecule has 1 heterocycles. The second-order valence-corrected chi connectivity index (χ2v) is 5.69. The van der Waals surface area contributed by atoms with Gasteiger partial charge in [-0.25, -0.2) is 4.79 Å². The van der Waals surface area contributed by atoms with Crippen LogP contribution < -0.4 is 4.74 Å². The van der Waals surface area contributed by atoms with Crippen LogP contribution in [0.25, 0.3) is 0 Å². The van der Waals surface area contributed by atoms with Crippen molar-refractivity contribution < 1.29 is 24.0 Å². The van der Waals surface area contributed by atoms with E-state index in [0.29, 0.717) is 16.8 Å². The number of aromatic nitrogens is 1. The lowest BCUT2D eigenvalue weighted by Gasteiger charge is -2.13. The predicted molar refractivity (Wildman–Crippen MR) is 93.7 cm³/mol. The molecule has 0 unspecified atom stereocenters. The van der Waals surface area contributed by atoms with E-state index in [2.05, 4.69) is 4.98 Å². The first kappa shape index (κ1) is 19.2. The van der Waals surface area contributed by atoms with E-state index in [1.807, 2.05) is 0 Å². The highest BCUT2D eigenvalue weighted by molar-refractivity contribution is 6.03. The predicted octanol–water partition coefficient (Wildman–Crippen LogP) is 3.37. The third-order valence-electron chi connectivity index (χ3n) is 3.90. The van der Waals surface area contributed by atoms with Crippen molar-refractivity contribution in [1.29, 1.82) is 0 Å². The van der Waals surface area contributed by atoms with Gasteiger partial charge in [-0.1, -0.05) is 12.1 Å². The Morgan fingerprint density at radius 1 is 1.27 bits per heavy atom. The SMILES string of the molecule is CCOC(=O)c1c(C)[nH]c(C(=O)[C@@H](C)Oc2ccccc2[N+](=O)[O-])c1C. The third kappa shape index (κ3) is 3.74. The molecule has 138 valence electrons. The summed E-state index contributed by atoms with van der Waals surface area (Å²) >= 11 is 0. The Bertz CT molecular complexity index is 855. The number of H-pyrrole nitrogens is 1. The van der Waals surface area contributed by atoms with Crippen molar-refractivity contribution in [2.45, 2.75) is 33.8 Å². The van der Waals surface area contributed by atoms with Crippen molar-refractivity contribution in [3.8, 4) is 5.75 Å². The number of esters is 1. The molecule has 0 fully saturated rings. The number of aromatic amines is 1. The lowest BCUT2D eigenvalue weighted by atomic mass is 10.1. The molecule has 1 N–H and O–H groups in total. The highest BCUT2D eigenvalue weighted by Crippen LogP contribution is 2.28. The number of nitro benzene ring substituents is 1. The molecule has 0 bridgehead atoms. The highest BCUT2D eigenvalue weighted by Gasteiger charge is 2.28. The Balaban J connectivity index is 2.28. The van der Waals surface area contributed by atoms with Crippen molar-refractivity contribution in [2.24, 2.45) is 0 Å². The number of Topliss-reactive ketones (excluding diaryl/α,β-unsaturated/α-hetero) is 1. The number of carbonyl (C=O) groups excluding carboxylic acids is 2. The van der Waals surface area contributed by atoms with Gasteiger partial charge in [-0.3, -0.25) is 14.9 Å². The lowest BCUT2D eigenvalue weighted by Crippen LogP contribution is -2.25. The van der Waals surface area contributed by atoms with E-state index in [-0.39, 0.29) is 23.7 Å². The number of ketones is 1. The second-order valence-electron chi connectivity index (χ2n) is 5.69. The molecule has 0 saturated heterocycles. The van der Waals surface area contributed by atoms with Gasteiger partial charge in [0.05, 0.1) is 22.8 Å². The van der Waals surface area contributed by atoms with E-state index in [4.69, 9.17) is 9.47 Å². The summed E-state index contributed by atoms with van der Waals surface area (Å²) in [6.45, 7) is 6.73. The molecule has 1 aromatic heterocycles. The molecular weight excluding hydrogens is 340 g/mol. The smallest absolute Gasteiger partial charge is 0.340 e. The number of nitrogens with one attached hydrogen (secondary N) is 1. The molecule has 0 aliphatic heterocycles. The molecule has 1 aromatic carbocycles. The van der Waals surface area contributed by atoms with E-state index in [1.54, 1.807) is 26.8 Å². The van der Waals surface area contributed by atoms with Crippen molar-refractivity contribution in [2.75, 3.05) is 6.61 Å². The van der Waals surface area contributed by atoms with Gasteiger partial charge in [0.1, 0.15) is 0 Å². The summed E-state index contributed by atoms with van der Waals surface area (Å²) in [6, 6.07) is 5.83. The van der Waals surface area contributed by atoms with Crippen LogP contribution in [0.1, 0.15) is 46.0 Å². The van der Waals surface area contributed by atoms with E-state index in [9.17, 15) is 19.7 Å². The molecule has 1 atom stereocenters. The maximum absolute atomic E-state index is 12.7. The van der Waals surface area contributed by atoms with Gasteiger partial charge < -0.3 is 14.5 Å². The number of para-hydroxylation sites is 2. The quantitative estimate of drug-likeness (QED) is 0.351. The number of rotatable bonds is 7. The van der Waals surface area contributed by atoms with Gasteiger partial charge in [-0.05, 0) is 39.3 Å². The van der Waals surface area contributed by atoms with Crippen molar-refractivity contribution in [3.05, 3.63) is 56.9 Å². The molecule has 2 aromatic rings. The fourth-order valence-electron chi connectivity index (χ4n) is 2.66. The largest absolute Gasteiger partial charge is 0.475 e. The van der Waals surface area contributed by atoms with Crippen molar-refractivity contribution in [3.63, 3.8) is 0 Å². The van der Waals surface area contributed by atoms with Gasteiger partial charge in [0, 0.05) is 11.8 Å². The molecular formula is C18H20N2O6. The first-order valence-corrected chi connectivity index (χ1v) is 8.08. The molecule has 26 heavy (non-hydrogen) atoms. The zero-order valence-corrected chi connectivity index (χ0v) is 15.0. The molecule has 8 heteroatoms. The average molecular weight is 360 g/mol. The number of nitro groups is 1. The van der Waals surface area contributed by atoms with Gasteiger partial charge in [-0.15, -0.1) is 0 Å². The van der Waals surface area contributed by atoms with Gasteiger partial charge in [-0.2, -0.15) is 0 Å². The number of nitrogens with zero attached hydrogens (tertiary/aromatic N) is 1. The maximum atomic E-state index is 12.7. The van der Waals surface area contributed by atoms with Crippen LogP contribution in [-0.4, -0.2) is 34.4 Å². The second kappa shape index (κ2) is 7.81. The first-order chi connectivity index (χ1) is 12.3. The van der Waals surface area contributed by atoms with E-state index >= 15 is 0 Å². The van der Waals surface area contributed by atoms with E-state index < -0.39 is 22.8 Å². The van der Waals surface area contributed by atoms with Crippen LogP contribution in [0, 0.1) is 24.0 Å². The summed E-state index contributed by atoms with van der Waals surface area (Å²) in [5, 5.41) is 11.1. The van der Waals surface area contributed by atoms with E-state index in [1.165, 1.54) is 25.1 Å². The lowest BCUT2D eigenvalue weighted by molar-refractivity contribution is -0.386. The Morgan fingerprint density at radius 3 is 2.54 bits per heavy atom. The summed E-state index contributed by atoms with van der Waals surface area (Å²) < 4.78 is 10.5. The maximum Gasteiger partial charge on any atom is 0.340 e. The van der Waals surface area contributed by atoms with Gasteiger partial charge in [0.2, 0.25) is 5.78 Å². The summed E-state index contributed by atoms with van der Waals surface area (Å²) in [5.41, 5.74) is 1.29. The number of benzene rings is 1. The Hall–Kier alpha value is -3.16. The van der Waals surface area contributed by atoms with Crippen LogP contribution in [0.15, 0.2) is 24.3 Å². The fourth-order valence-corrected chi connectivity index (χ4v) is 2.66. The van der Waals surface area contributed by atoms with Crippen molar-refractivity contribution >= 4 is 17.4 Å². The summed E-state index contributed by atoms with van der Waals surface area (Å²) in [7, 11) is 0. The molecule has 0 aliphatic rings. The van der Waals surface area contributed by atoms with Crippen LogP contribution in [0.4, 0.5) is 5.69 Å². The zero-order chi connectivity index (χ0) is 19.4. The van der Waals surface area contributed by atoms with Crippen LogP contribution in [0.2, 0.25) is 0 Å². The number of aryl methyl sites for hydroxylation is 1. The standard InChI is InChI=1S/C18H20N2O6/c1-5-25-18(22)15-10(2)16(19-11(15)3)17(21)12(4)26-14-9-7-6-8-13(14)20(23)24/h6-9,12,19H,5H2,1-4H3/t12-/m1/s1. The topological polar surface area (TPSA) is 112 Å². The summed E-state index contributed by atoms with van der Waals surface area (Å²) in [5.74, 6) is -0.922. The Labute approximate surface area is 150 Å². The first-order valence-electron chi connectivity index (χ1n) is 8.08. The zero-order valence-electron chi connectivity index (χ0n) is 15.0. The average Bonchev–Trinajstić information content (AvgIpc) is 2.89. The highest BCUT2D eigenvalue weighted by atomic mass is 16.6. The minimum atomic E-state index is -0.983. The van der Waals surface area contributed by atoms with Gasteiger partial charge in [0.15, 0.2) is 11.9 Å². The fraction of sp³-hybridized carbons (Fsp3) is 0.333. The Morgan fingerprint density at radius 2 is 1.92 bits per heavy atom. The summed E-state index contributed by atoms with van der Waals surface area (Å²) in [6.07, 6.45) is -0.983. The molecule has 8 nitrogen and oxygen atoms in total. The van der Waals surface area contributed by atoms with Gasteiger partial charge >= 0.3 is 11.7 Å². The Kier molecular flexibility index (Phi) is 5.76. The van der Waals surface area contributed by atoms with Crippen LogP contribution in [-0.2, 0) is 4.74 Å². The number of hydrogen-bond acceptors (Lipinski definition) is 6. The number of ether oxygens (including phenoxy) is 2. The minimum absolute atomic E-state index is 0.00453. The number of hydrogen-bond donors (Lipinski definition) is 1. The normalized spacial score (nSPS) is 11.7. The molecule has 0 radical (unpaired) electrons. The minimum Gasteiger partial charge on any atom is -0.475 e. The monoisotopic (exact) mass is 360 g/mol. The molecule has 0 spiro atoms. The molecule has 0 amide bonds. The molecule has 0 saturated carbocycles. The van der Waals surface area contributed by atoms with Crippen LogP contribution in [0.5, 0.6) is 5.75 Å². The molecule has 2 rings (SSSR count).